The number of nitrogens with one attached hydrogen (secondary N) is 2. The molecule has 2 aromatic carbocycles. The molecule has 0 atom stereocenters. The van der Waals surface area contributed by atoms with E-state index in [1.165, 1.54) is 0 Å². The molecular weight excluding hydrogens is 362 g/mol. The number of para-hydroxylation sites is 1. The van der Waals surface area contributed by atoms with Crippen LogP contribution in [0.4, 0.5) is 17.2 Å². The zero-order valence-corrected chi connectivity index (χ0v) is 16.5. The van der Waals surface area contributed by atoms with Crippen molar-refractivity contribution in [3.8, 4) is 0 Å². The lowest BCUT2D eigenvalue weighted by Gasteiger charge is -2.12. The molecule has 0 fully saturated rings. The Kier molecular flexibility index (Phi) is 4.91. The van der Waals surface area contributed by atoms with Gasteiger partial charge in [0.2, 0.25) is 0 Å². The number of carbonyl (C=O) groups excluding carboxylic acids is 1. The van der Waals surface area contributed by atoms with Crippen molar-refractivity contribution < 1.29 is 4.79 Å². The maximum absolute atomic E-state index is 12.8. The third kappa shape index (κ3) is 4.06. The summed E-state index contributed by atoms with van der Waals surface area (Å²) < 4.78 is 0. The topological polar surface area (TPSA) is 79.8 Å². The molecule has 2 N–H and O–H groups in total. The first-order valence-corrected chi connectivity index (χ1v) is 9.35. The molecule has 144 valence electrons. The monoisotopic (exact) mass is 383 g/mol. The van der Waals surface area contributed by atoms with Gasteiger partial charge in [0.25, 0.3) is 5.91 Å². The number of hydrogen-bond acceptors (Lipinski definition) is 5. The van der Waals surface area contributed by atoms with E-state index in [0.29, 0.717) is 17.3 Å². The quantitative estimate of drug-likeness (QED) is 0.521. The van der Waals surface area contributed by atoms with Gasteiger partial charge in [0.05, 0.1) is 11.2 Å². The molecule has 0 bridgehead atoms. The first-order chi connectivity index (χ1) is 14.0. The second-order valence-corrected chi connectivity index (χ2v) is 6.96. The summed E-state index contributed by atoms with van der Waals surface area (Å²) in [5.41, 5.74) is 4.88. The first-order valence-electron chi connectivity index (χ1n) is 9.35. The molecule has 0 aliphatic heterocycles. The highest BCUT2D eigenvalue weighted by molar-refractivity contribution is 6.04. The number of rotatable bonds is 4. The number of benzene rings is 2. The van der Waals surface area contributed by atoms with E-state index < -0.39 is 0 Å². The highest BCUT2D eigenvalue weighted by atomic mass is 16.1. The Labute approximate surface area is 169 Å². The Bertz CT molecular complexity index is 1210. The molecule has 6 heteroatoms. The molecule has 2 aromatic heterocycles. The summed E-state index contributed by atoms with van der Waals surface area (Å²) in [5, 5.41) is 7.23. The van der Waals surface area contributed by atoms with Gasteiger partial charge in [-0.1, -0.05) is 35.9 Å². The second kappa shape index (κ2) is 7.67. The Morgan fingerprint density at radius 2 is 1.72 bits per heavy atom. The van der Waals surface area contributed by atoms with Crippen molar-refractivity contribution >= 4 is 34.0 Å². The SMILES string of the molecule is Cc1ccc(NC(=O)c2cc(Nc3cccc4cccnc34)nc(C)n2)c(C)c1. The van der Waals surface area contributed by atoms with Crippen molar-refractivity contribution in [2.75, 3.05) is 10.6 Å². The summed E-state index contributed by atoms with van der Waals surface area (Å²) in [4.78, 5) is 26.0. The van der Waals surface area contributed by atoms with Gasteiger partial charge < -0.3 is 10.6 Å². The van der Waals surface area contributed by atoms with Gasteiger partial charge in [0, 0.05) is 23.3 Å². The standard InChI is InChI=1S/C23H21N5O/c1-14-9-10-18(15(2)12-14)28-23(29)20-13-21(26-16(3)25-20)27-19-8-4-6-17-7-5-11-24-22(17)19/h4-13H,1-3H3,(H,28,29)(H,25,26,27). The molecule has 29 heavy (non-hydrogen) atoms. The Morgan fingerprint density at radius 1 is 0.897 bits per heavy atom. The molecule has 0 saturated carbocycles. The van der Waals surface area contributed by atoms with E-state index in [4.69, 9.17) is 0 Å². The largest absolute Gasteiger partial charge is 0.338 e. The van der Waals surface area contributed by atoms with E-state index >= 15 is 0 Å². The summed E-state index contributed by atoms with van der Waals surface area (Å²) in [6.45, 7) is 5.75. The fraction of sp³-hybridized carbons (Fsp3) is 0.130. The van der Waals surface area contributed by atoms with E-state index in [1.807, 2.05) is 62.4 Å². The molecule has 0 radical (unpaired) electrons. The molecule has 4 rings (SSSR count). The fourth-order valence-corrected chi connectivity index (χ4v) is 3.23. The van der Waals surface area contributed by atoms with Crippen LogP contribution in [0.25, 0.3) is 10.9 Å². The second-order valence-electron chi connectivity index (χ2n) is 6.96. The molecule has 1 amide bonds. The lowest BCUT2D eigenvalue weighted by molar-refractivity contribution is 0.102. The van der Waals surface area contributed by atoms with Gasteiger partial charge in [0.1, 0.15) is 17.3 Å². The first kappa shape index (κ1) is 18.6. The van der Waals surface area contributed by atoms with E-state index in [2.05, 4.69) is 25.6 Å². The number of aryl methyl sites for hydroxylation is 3. The normalized spacial score (nSPS) is 10.7. The predicted octanol–water partition coefficient (Wildman–Crippen LogP) is 4.95. The number of hydrogen-bond donors (Lipinski definition) is 2. The van der Waals surface area contributed by atoms with Gasteiger partial charge in [-0.3, -0.25) is 9.78 Å². The molecule has 0 aliphatic rings. The van der Waals surface area contributed by atoms with Crippen molar-refractivity contribution in [3.05, 3.63) is 83.4 Å². The van der Waals surface area contributed by atoms with Gasteiger partial charge in [0.15, 0.2) is 0 Å². The van der Waals surface area contributed by atoms with E-state index in [9.17, 15) is 4.79 Å². The van der Waals surface area contributed by atoms with Crippen molar-refractivity contribution in [1.82, 2.24) is 15.0 Å². The molecule has 0 aliphatic carbocycles. The van der Waals surface area contributed by atoms with Gasteiger partial charge >= 0.3 is 0 Å². The summed E-state index contributed by atoms with van der Waals surface area (Å²) in [6.07, 6.45) is 1.75. The third-order valence-corrected chi connectivity index (χ3v) is 4.60. The summed E-state index contributed by atoms with van der Waals surface area (Å²) in [7, 11) is 0. The summed E-state index contributed by atoms with van der Waals surface area (Å²) in [6, 6.07) is 17.3. The molecule has 0 spiro atoms. The van der Waals surface area contributed by atoms with Gasteiger partial charge in [-0.25, -0.2) is 9.97 Å². The smallest absolute Gasteiger partial charge is 0.274 e. The minimum absolute atomic E-state index is 0.276. The van der Waals surface area contributed by atoms with Gasteiger partial charge in [-0.05, 0) is 44.5 Å². The van der Waals surface area contributed by atoms with Crippen LogP contribution in [-0.2, 0) is 0 Å². The highest BCUT2D eigenvalue weighted by Crippen LogP contribution is 2.24. The van der Waals surface area contributed by atoms with Crippen molar-refractivity contribution in [3.63, 3.8) is 0 Å². The zero-order chi connectivity index (χ0) is 20.4. The number of aromatic nitrogens is 3. The predicted molar refractivity (Wildman–Crippen MR) is 116 cm³/mol. The highest BCUT2D eigenvalue weighted by Gasteiger charge is 2.13. The lowest BCUT2D eigenvalue weighted by Crippen LogP contribution is -2.16. The Morgan fingerprint density at radius 3 is 2.55 bits per heavy atom. The van der Waals surface area contributed by atoms with E-state index in [0.717, 1.165) is 33.4 Å². The van der Waals surface area contributed by atoms with Crippen molar-refractivity contribution in [1.29, 1.82) is 0 Å². The van der Waals surface area contributed by atoms with Crippen molar-refractivity contribution in [2.24, 2.45) is 0 Å². The molecule has 0 unspecified atom stereocenters. The number of pyridine rings is 1. The third-order valence-electron chi connectivity index (χ3n) is 4.60. The molecular formula is C23H21N5O. The van der Waals surface area contributed by atoms with Crippen LogP contribution < -0.4 is 10.6 Å². The number of fused-ring (bicyclic) bond motifs is 1. The van der Waals surface area contributed by atoms with Crippen LogP contribution in [0.15, 0.2) is 60.8 Å². The number of amides is 1. The number of anilines is 3. The average molecular weight is 383 g/mol. The molecule has 0 saturated heterocycles. The minimum Gasteiger partial charge on any atom is -0.338 e. The van der Waals surface area contributed by atoms with Crippen LogP contribution in [0.2, 0.25) is 0 Å². The number of nitrogens with zero attached hydrogens (tertiary/aromatic N) is 3. The summed E-state index contributed by atoms with van der Waals surface area (Å²) >= 11 is 0. The van der Waals surface area contributed by atoms with E-state index in [1.54, 1.807) is 19.2 Å². The van der Waals surface area contributed by atoms with Crippen LogP contribution in [0.1, 0.15) is 27.4 Å². The van der Waals surface area contributed by atoms with Crippen LogP contribution in [0.3, 0.4) is 0 Å². The maximum Gasteiger partial charge on any atom is 0.274 e. The van der Waals surface area contributed by atoms with Crippen LogP contribution >= 0.6 is 0 Å². The lowest BCUT2D eigenvalue weighted by atomic mass is 10.1. The zero-order valence-electron chi connectivity index (χ0n) is 16.5. The molecule has 6 nitrogen and oxygen atoms in total. The molecule has 2 heterocycles. The fourth-order valence-electron chi connectivity index (χ4n) is 3.23. The van der Waals surface area contributed by atoms with Gasteiger partial charge in [-0.15, -0.1) is 0 Å². The Balaban J connectivity index is 1.62. The van der Waals surface area contributed by atoms with Crippen LogP contribution in [0.5, 0.6) is 0 Å². The summed E-state index contributed by atoms with van der Waals surface area (Å²) in [5.74, 6) is 0.775. The van der Waals surface area contributed by atoms with Crippen LogP contribution in [-0.4, -0.2) is 20.9 Å². The van der Waals surface area contributed by atoms with Gasteiger partial charge in [-0.2, -0.15) is 0 Å². The maximum atomic E-state index is 12.8. The number of carbonyl (C=O) groups is 1. The minimum atomic E-state index is -0.276. The van der Waals surface area contributed by atoms with Crippen LogP contribution in [0, 0.1) is 20.8 Å². The van der Waals surface area contributed by atoms with E-state index in [-0.39, 0.29) is 5.91 Å². The average Bonchev–Trinajstić information content (AvgIpc) is 2.70. The Hall–Kier alpha value is -3.80. The molecule has 4 aromatic rings. The van der Waals surface area contributed by atoms with Crippen molar-refractivity contribution in [2.45, 2.75) is 20.8 Å².